The van der Waals surface area contributed by atoms with Gasteiger partial charge in [0, 0.05) is 24.1 Å². The Morgan fingerprint density at radius 2 is 2.18 bits per heavy atom. The first-order valence-electron chi connectivity index (χ1n) is 5.81. The molecule has 1 aliphatic rings. The summed E-state index contributed by atoms with van der Waals surface area (Å²) in [6.07, 6.45) is 1.00. The minimum atomic E-state index is -0.0671. The van der Waals surface area contributed by atoms with Gasteiger partial charge in [-0.15, -0.1) is 0 Å². The highest BCUT2D eigenvalue weighted by atomic mass is 16.5. The van der Waals surface area contributed by atoms with Crippen LogP contribution in [0, 0.1) is 5.92 Å². The summed E-state index contributed by atoms with van der Waals surface area (Å²) in [7, 11) is 3.30. The third-order valence-corrected chi connectivity index (χ3v) is 3.27. The van der Waals surface area contributed by atoms with Crippen molar-refractivity contribution in [3.8, 4) is 11.5 Å². The monoisotopic (exact) mass is 237 g/mol. The van der Waals surface area contributed by atoms with E-state index in [9.17, 15) is 0 Å². The Hall–Kier alpha value is -1.26. The predicted octanol–water partition coefficient (Wildman–Crippen LogP) is 1.74. The molecule has 0 amide bonds. The number of hydrogen-bond donors (Lipinski definition) is 1. The zero-order chi connectivity index (χ0) is 12.3. The van der Waals surface area contributed by atoms with E-state index in [0.29, 0.717) is 5.92 Å². The van der Waals surface area contributed by atoms with E-state index in [1.54, 1.807) is 14.2 Å². The van der Waals surface area contributed by atoms with Gasteiger partial charge in [-0.25, -0.2) is 0 Å². The Balaban J connectivity index is 2.27. The number of ether oxygens (including phenoxy) is 3. The minimum Gasteiger partial charge on any atom is -0.497 e. The zero-order valence-electron chi connectivity index (χ0n) is 10.3. The van der Waals surface area contributed by atoms with Crippen LogP contribution in [0.1, 0.15) is 18.0 Å². The van der Waals surface area contributed by atoms with Crippen LogP contribution in [-0.2, 0) is 4.74 Å². The van der Waals surface area contributed by atoms with Crippen molar-refractivity contribution in [3.05, 3.63) is 23.8 Å². The Bertz CT molecular complexity index is 375. The van der Waals surface area contributed by atoms with E-state index in [0.717, 1.165) is 36.7 Å². The topological polar surface area (TPSA) is 53.7 Å². The summed E-state index contributed by atoms with van der Waals surface area (Å²) < 4.78 is 16.0. The van der Waals surface area contributed by atoms with Crippen molar-refractivity contribution in [2.75, 3.05) is 27.4 Å². The van der Waals surface area contributed by atoms with Crippen molar-refractivity contribution in [2.24, 2.45) is 11.7 Å². The first-order valence-corrected chi connectivity index (χ1v) is 5.81. The van der Waals surface area contributed by atoms with Crippen LogP contribution in [0.3, 0.4) is 0 Å². The van der Waals surface area contributed by atoms with Gasteiger partial charge in [-0.1, -0.05) is 0 Å². The van der Waals surface area contributed by atoms with Gasteiger partial charge in [-0.05, 0) is 24.6 Å². The molecule has 0 aromatic heterocycles. The predicted molar refractivity (Wildman–Crippen MR) is 65.4 cm³/mol. The van der Waals surface area contributed by atoms with Crippen LogP contribution in [0.15, 0.2) is 18.2 Å². The quantitative estimate of drug-likeness (QED) is 0.866. The molecule has 2 rings (SSSR count). The summed E-state index contributed by atoms with van der Waals surface area (Å²) in [5, 5.41) is 0. The lowest BCUT2D eigenvalue weighted by Gasteiger charge is -2.21. The molecule has 1 aliphatic heterocycles. The van der Waals surface area contributed by atoms with E-state index in [-0.39, 0.29) is 6.04 Å². The molecule has 1 fully saturated rings. The Morgan fingerprint density at radius 3 is 2.76 bits per heavy atom. The molecule has 4 heteroatoms. The molecule has 94 valence electrons. The van der Waals surface area contributed by atoms with Gasteiger partial charge in [0.15, 0.2) is 0 Å². The smallest absolute Gasteiger partial charge is 0.123 e. The second-order valence-corrected chi connectivity index (χ2v) is 4.26. The molecule has 2 N–H and O–H groups in total. The summed E-state index contributed by atoms with van der Waals surface area (Å²) in [4.78, 5) is 0. The average Bonchev–Trinajstić information content (AvgIpc) is 2.91. The number of nitrogens with two attached hydrogens (primary N) is 1. The number of methoxy groups -OCH3 is 2. The normalized spacial score (nSPS) is 21.2. The molecule has 17 heavy (non-hydrogen) atoms. The van der Waals surface area contributed by atoms with Crippen molar-refractivity contribution < 1.29 is 14.2 Å². The van der Waals surface area contributed by atoms with Gasteiger partial charge in [-0.3, -0.25) is 0 Å². The van der Waals surface area contributed by atoms with Gasteiger partial charge in [0.1, 0.15) is 11.5 Å². The Kier molecular flexibility index (Phi) is 3.86. The molecule has 0 spiro atoms. The summed E-state index contributed by atoms with van der Waals surface area (Å²) >= 11 is 0. The second kappa shape index (κ2) is 5.38. The highest BCUT2D eigenvalue weighted by Gasteiger charge is 2.26. The van der Waals surface area contributed by atoms with Crippen LogP contribution in [0.4, 0.5) is 0 Å². The van der Waals surface area contributed by atoms with Crippen LogP contribution in [0.2, 0.25) is 0 Å². The van der Waals surface area contributed by atoms with Gasteiger partial charge in [0.25, 0.3) is 0 Å². The van der Waals surface area contributed by atoms with Crippen LogP contribution in [-0.4, -0.2) is 27.4 Å². The highest BCUT2D eigenvalue weighted by Crippen LogP contribution is 2.34. The molecule has 0 radical (unpaired) electrons. The molecule has 2 unspecified atom stereocenters. The van der Waals surface area contributed by atoms with Crippen molar-refractivity contribution in [3.63, 3.8) is 0 Å². The van der Waals surface area contributed by atoms with Crippen LogP contribution in [0.5, 0.6) is 11.5 Å². The van der Waals surface area contributed by atoms with Gasteiger partial charge < -0.3 is 19.9 Å². The third kappa shape index (κ3) is 2.53. The molecular weight excluding hydrogens is 218 g/mol. The van der Waals surface area contributed by atoms with E-state index < -0.39 is 0 Å². The van der Waals surface area contributed by atoms with Crippen molar-refractivity contribution in [2.45, 2.75) is 12.5 Å². The standard InChI is InChI=1S/C13H19NO3/c1-15-10-3-4-12(16-2)11(7-10)13(14)9-5-6-17-8-9/h3-4,7,9,13H,5-6,8,14H2,1-2H3. The molecule has 4 nitrogen and oxygen atoms in total. The fourth-order valence-electron chi connectivity index (χ4n) is 2.19. The molecule has 1 aromatic rings. The first kappa shape index (κ1) is 12.2. The summed E-state index contributed by atoms with van der Waals surface area (Å²) in [5.41, 5.74) is 7.27. The lowest BCUT2D eigenvalue weighted by molar-refractivity contribution is 0.180. The minimum absolute atomic E-state index is 0.0671. The molecule has 0 bridgehead atoms. The largest absolute Gasteiger partial charge is 0.497 e. The lowest BCUT2D eigenvalue weighted by Crippen LogP contribution is -2.22. The fraction of sp³-hybridized carbons (Fsp3) is 0.538. The van der Waals surface area contributed by atoms with Gasteiger partial charge in [0.2, 0.25) is 0 Å². The van der Waals surface area contributed by atoms with Crippen LogP contribution < -0.4 is 15.2 Å². The van der Waals surface area contributed by atoms with Gasteiger partial charge in [0.05, 0.1) is 20.8 Å². The SMILES string of the molecule is COc1ccc(OC)c(C(N)C2CCOC2)c1. The molecular formula is C13H19NO3. The Morgan fingerprint density at radius 1 is 1.35 bits per heavy atom. The van der Waals surface area contributed by atoms with Crippen molar-refractivity contribution in [1.82, 2.24) is 0 Å². The zero-order valence-corrected chi connectivity index (χ0v) is 10.3. The average molecular weight is 237 g/mol. The van der Waals surface area contributed by atoms with Crippen molar-refractivity contribution in [1.29, 1.82) is 0 Å². The van der Waals surface area contributed by atoms with E-state index in [1.807, 2.05) is 18.2 Å². The third-order valence-electron chi connectivity index (χ3n) is 3.27. The molecule has 0 aliphatic carbocycles. The summed E-state index contributed by atoms with van der Waals surface area (Å²) in [6.45, 7) is 1.52. The second-order valence-electron chi connectivity index (χ2n) is 4.26. The Labute approximate surface area is 102 Å². The summed E-state index contributed by atoms with van der Waals surface area (Å²) in [6, 6.07) is 5.65. The molecule has 0 saturated carbocycles. The molecule has 1 heterocycles. The lowest BCUT2D eigenvalue weighted by atomic mass is 9.92. The molecule has 2 atom stereocenters. The first-order chi connectivity index (χ1) is 8.26. The molecule has 1 aromatic carbocycles. The summed E-state index contributed by atoms with van der Waals surface area (Å²) in [5.74, 6) is 1.97. The van der Waals surface area contributed by atoms with E-state index >= 15 is 0 Å². The maximum atomic E-state index is 6.28. The van der Waals surface area contributed by atoms with Gasteiger partial charge in [-0.2, -0.15) is 0 Å². The van der Waals surface area contributed by atoms with Crippen LogP contribution in [0.25, 0.3) is 0 Å². The van der Waals surface area contributed by atoms with E-state index in [1.165, 1.54) is 0 Å². The number of rotatable bonds is 4. The maximum absolute atomic E-state index is 6.28. The fourth-order valence-corrected chi connectivity index (χ4v) is 2.19. The van der Waals surface area contributed by atoms with E-state index in [4.69, 9.17) is 19.9 Å². The van der Waals surface area contributed by atoms with Crippen LogP contribution >= 0.6 is 0 Å². The van der Waals surface area contributed by atoms with Gasteiger partial charge >= 0.3 is 0 Å². The van der Waals surface area contributed by atoms with E-state index in [2.05, 4.69) is 0 Å². The number of benzene rings is 1. The highest BCUT2D eigenvalue weighted by molar-refractivity contribution is 5.42. The number of hydrogen-bond acceptors (Lipinski definition) is 4. The maximum Gasteiger partial charge on any atom is 0.123 e. The van der Waals surface area contributed by atoms with Crippen molar-refractivity contribution >= 4 is 0 Å². The molecule has 1 saturated heterocycles.